The van der Waals surface area contributed by atoms with Gasteiger partial charge in [-0.15, -0.1) is 0 Å². The van der Waals surface area contributed by atoms with Crippen LogP contribution >= 0.6 is 39.7 Å². The molecule has 0 amide bonds. The van der Waals surface area contributed by atoms with Crippen molar-refractivity contribution < 1.29 is 8.42 Å². The normalized spacial score (nSPS) is 12.4. The Hall–Kier alpha value is -0.210. The van der Waals surface area contributed by atoms with Crippen LogP contribution in [-0.2, 0) is 10.0 Å². The van der Waals surface area contributed by atoms with Crippen molar-refractivity contribution >= 4 is 54.8 Å². The summed E-state index contributed by atoms with van der Waals surface area (Å²) in [5.74, 6) is 0. The number of halogens is 2. The van der Waals surface area contributed by atoms with E-state index in [0.717, 1.165) is 0 Å². The van der Waals surface area contributed by atoms with E-state index < -0.39 is 15.6 Å². The molecule has 0 aliphatic rings. The molecule has 0 bridgehead atoms. The zero-order valence-electron chi connectivity index (χ0n) is 11.1. The SMILES string of the molecule is CCC(CC)(NS(=O)(=O)c1ccc(Br)cc1Cl)C(N)=S. The third-order valence-electron chi connectivity index (χ3n) is 3.19. The van der Waals surface area contributed by atoms with Gasteiger partial charge in [-0.25, -0.2) is 8.42 Å². The number of rotatable bonds is 6. The number of sulfonamides is 1. The van der Waals surface area contributed by atoms with Crippen LogP contribution < -0.4 is 10.5 Å². The Labute approximate surface area is 138 Å². The van der Waals surface area contributed by atoms with Gasteiger partial charge < -0.3 is 5.73 Å². The van der Waals surface area contributed by atoms with Crippen LogP contribution in [0.25, 0.3) is 0 Å². The van der Waals surface area contributed by atoms with Crippen LogP contribution in [0, 0.1) is 0 Å². The summed E-state index contributed by atoms with van der Waals surface area (Å²) in [4.78, 5) is 0.129. The van der Waals surface area contributed by atoms with Crippen LogP contribution in [-0.4, -0.2) is 18.9 Å². The van der Waals surface area contributed by atoms with Crippen molar-refractivity contribution in [1.29, 1.82) is 0 Å². The average molecular weight is 400 g/mol. The molecule has 0 spiro atoms. The molecule has 1 aromatic carbocycles. The summed E-state index contributed by atoms with van der Waals surface area (Å²) >= 11 is 14.2. The van der Waals surface area contributed by atoms with Crippen molar-refractivity contribution in [3.8, 4) is 0 Å². The Morgan fingerprint density at radius 2 is 2.00 bits per heavy atom. The van der Waals surface area contributed by atoms with Crippen molar-refractivity contribution in [1.82, 2.24) is 4.72 Å². The highest BCUT2D eigenvalue weighted by atomic mass is 79.9. The second kappa shape index (κ2) is 6.70. The maximum absolute atomic E-state index is 12.5. The molecular formula is C12H16BrClN2O2S2. The summed E-state index contributed by atoms with van der Waals surface area (Å²) in [6, 6.07) is 4.57. The number of nitrogens with one attached hydrogen (secondary N) is 1. The lowest BCUT2D eigenvalue weighted by molar-refractivity contribution is 0.466. The fourth-order valence-electron chi connectivity index (χ4n) is 1.80. The van der Waals surface area contributed by atoms with Gasteiger partial charge in [0.15, 0.2) is 0 Å². The van der Waals surface area contributed by atoms with Gasteiger partial charge in [-0.3, -0.25) is 0 Å². The molecule has 0 aliphatic heterocycles. The number of hydrogen-bond acceptors (Lipinski definition) is 3. The predicted octanol–water partition coefficient (Wildman–Crippen LogP) is 3.23. The Morgan fingerprint density at radius 1 is 1.45 bits per heavy atom. The van der Waals surface area contributed by atoms with Crippen molar-refractivity contribution in [3.05, 3.63) is 27.7 Å². The molecular weight excluding hydrogens is 384 g/mol. The maximum Gasteiger partial charge on any atom is 0.242 e. The van der Waals surface area contributed by atoms with E-state index in [2.05, 4.69) is 20.7 Å². The molecule has 0 heterocycles. The Morgan fingerprint density at radius 3 is 2.40 bits per heavy atom. The molecule has 0 saturated heterocycles. The summed E-state index contributed by atoms with van der Waals surface area (Å²) in [7, 11) is -3.80. The van der Waals surface area contributed by atoms with Gasteiger partial charge in [-0.2, -0.15) is 4.72 Å². The molecule has 0 atom stereocenters. The highest BCUT2D eigenvalue weighted by Crippen LogP contribution is 2.27. The summed E-state index contributed by atoms with van der Waals surface area (Å²) in [5.41, 5.74) is 4.76. The van der Waals surface area contributed by atoms with Gasteiger partial charge in [0.05, 0.1) is 15.6 Å². The molecule has 0 radical (unpaired) electrons. The third-order valence-corrected chi connectivity index (χ3v) is 6.10. The molecule has 0 saturated carbocycles. The number of benzene rings is 1. The quantitative estimate of drug-likeness (QED) is 0.720. The first-order valence-corrected chi connectivity index (χ1v) is 9.03. The largest absolute Gasteiger partial charge is 0.392 e. The van der Waals surface area contributed by atoms with E-state index in [0.29, 0.717) is 17.3 Å². The van der Waals surface area contributed by atoms with Gasteiger partial charge >= 0.3 is 0 Å². The minimum atomic E-state index is -3.80. The third kappa shape index (κ3) is 3.71. The first-order valence-electron chi connectivity index (χ1n) is 5.97. The number of nitrogens with two attached hydrogens (primary N) is 1. The Bertz CT molecular complexity index is 616. The molecule has 0 aliphatic carbocycles. The van der Waals surface area contributed by atoms with Crippen molar-refractivity contribution in [3.63, 3.8) is 0 Å². The van der Waals surface area contributed by atoms with E-state index in [1.54, 1.807) is 6.07 Å². The lowest BCUT2D eigenvalue weighted by Crippen LogP contribution is -2.55. The second-order valence-corrected chi connectivity index (χ2v) is 7.75. The minimum Gasteiger partial charge on any atom is -0.392 e. The van der Waals surface area contributed by atoms with Gasteiger partial charge in [0.25, 0.3) is 0 Å². The molecule has 1 rings (SSSR count). The summed E-state index contributed by atoms with van der Waals surface area (Å²) in [6.45, 7) is 3.66. The molecule has 3 N–H and O–H groups in total. The first-order chi connectivity index (χ1) is 9.18. The summed E-state index contributed by atoms with van der Waals surface area (Å²) < 4.78 is 28.2. The lowest BCUT2D eigenvalue weighted by Gasteiger charge is -2.31. The lowest BCUT2D eigenvalue weighted by atomic mass is 9.94. The maximum atomic E-state index is 12.5. The summed E-state index contributed by atoms with van der Waals surface area (Å²) in [5, 5.41) is 0.135. The van der Waals surface area contributed by atoms with Gasteiger partial charge in [-0.05, 0) is 31.0 Å². The molecule has 8 heteroatoms. The standard InChI is InChI=1S/C12H16BrClN2O2S2/c1-3-12(4-2,11(15)19)16-20(17,18)10-6-5-8(13)7-9(10)14/h5-7,16H,3-4H2,1-2H3,(H2,15,19). The molecule has 0 fully saturated rings. The van der Waals surface area contributed by atoms with E-state index >= 15 is 0 Å². The van der Waals surface area contributed by atoms with Crippen LogP contribution in [0.15, 0.2) is 27.6 Å². The highest BCUT2D eigenvalue weighted by molar-refractivity contribution is 9.10. The fourth-order valence-corrected chi connectivity index (χ4v) is 4.77. The van der Waals surface area contributed by atoms with Gasteiger partial charge in [0.2, 0.25) is 10.0 Å². The van der Waals surface area contributed by atoms with E-state index in [9.17, 15) is 8.42 Å². The smallest absolute Gasteiger partial charge is 0.242 e. The average Bonchev–Trinajstić information content (AvgIpc) is 2.35. The van der Waals surface area contributed by atoms with Gasteiger partial charge in [0, 0.05) is 4.47 Å². The van der Waals surface area contributed by atoms with E-state index in [1.807, 2.05) is 13.8 Å². The highest BCUT2D eigenvalue weighted by Gasteiger charge is 2.35. The Kier molecular flexibility index (Phi) is 5.98. The van der Waals surface area contributed by atoms with Crippen molar-refractivity contribution in [2.45, 2.75) is 37.1 Å². The van der Waals surface area contributed by atoms with Crippen molar-refractivity contribution in [2.24, 2.45) is 5.73 Å². The molecule has 112 valence electrons. The second-order valence-electron chi connectivity index (χ2n) is 4.33. The first kappa shape index (κ1) is 17.8. The molecule has 1 aromatic rings. The predicted molar refractivity (Wildman–Crippen MR) is 89.6 cm³/mol. The van der Waals surface area contributed by atoms with Crippen LogP contribution in [0.1, 0.15) is 26.7 Å². The Balaban J connectivity index is 3.27. The fraction of sp³-hybridized carbons (Fsp3) is 0.417. The molecule has 0 aromatic heterocycles. The minimum absolute atomic E-state index is 0.00453. The zero-order valence-corrected chi connectivity index (χ0v) is 15.1. The van der Waals surface area contributed by atoms with E-state index in [4.69, 9.17) is 29.6 Å². The van der Waals surface area contributed by atoms with Crippen LogP contribution in [0.3, 0.4) is 0 Å². The molecule has 4 nitrogen and oxygen atoms in total. The van der Waals surface area contributed by atoms with Crippen LogP contribution in [0.2, 0.25) is 5.02 Å². The van der Waals surface area contributed by atoms with Crippen molar-refractivity contribution in [2.75, 3.05) is 0 Å². The van der Waals surface area contributed by atoms with Gasteiger partial charge in [-0.1, -0.05) is 53.6 Å². The zero-order chi connectivity index (χ0) is 15.6. The number of thiocarbonyl (C=S) groups is 1. The van der Waals surface area contributed by atoms with Gasteiger partial charge in [0.1, 0.15) is 4.90 Å². The molecule has 0 unspecified atom stereocenters. The van der Waals surface area contributed by atoms with E-state index in [-0.39, 0.29) is 14.9 Å². The van der Waals surface area contributed by atoms with Crippen LogP contribution in [0.5, 0.6) is 0 Å². The number of hydrogen-bond donors (Lipinski definition) is 2. The monoisotopic (exact) mass is 398 g/mol. The van der Waals surface area contributed by atoms with E-state index in [1.165, 1.54) is 12.1 Å². The molecule has 20 heavy (non-hydrogen) atoms. The summed E-state index contributed by atoms with van der Waals surface area (Å²) in [6.07, 6.45) is 0.929. The topological polar surface area (TPSA) is 72.2 Å². The van der Waals surface area contributed by atoms with Crippen LogP contribution in [0.4, 0.5) is 0 Å².